The van der Waals surface area contributed by atoms with E-state index in [4.69, 9.17) is 0 Å². The van der Waals surface area contributed by atoms with Gasteiger partial charge in [-0.3, -0.25) is 0 Å². The van der Waals surface area contributed by atoms with Gasteiger partial charge >= 0.3 is 0 Å². The van der Waals surface area contributed by atoms with Crippen molar-refractivity contribution in [1.82, 2.24) is 4.98 Å². The Morgan fingerprint density at radius 3 is 2.27 bits per heavy atom. The third kappa shape index (κ3) is 1.60. The van der Waals surface area contributed by atoms with Gasteiger partial charge in [0.15, 0.2) is 0 Å². The van der Waals surface area contributed by atoms with Crippen LogP contribution in [0.15, 0.2) is 82.6 Å². The molecular weight excluding hydrogens is 342 g/mol. The zero-order valence-electron chi connectivity index (χ0n) is 13.7. The minimum atomic E-state index is -3.45. The second-order valence-corrected chi connectivity index (χ2v) is 8.62. The number of nitrogens with one attached hydrogen (secondary N) is 1. The lowest BCUT2D eigenvalue weighted by Gasteiger charge is -2.01. The van der Waals surface area contributed by atoms with Crippen LogP contribution in [0.25, 0.3) is 43.7 Å². The molecule has 1 aliphatic heterocycles. The summed E-state index contributed by atoms with van der Waals surface area (Å²) in [5.74, 6) is 0. The standard InChI is InChI=1S/C22H13NO2S/c24-26(25)19-8-4-3-7-16(19)21-20(26)10-9-15-17-11-13-5-1-2-6-14(13)12-18(17)23-22(15)21/h1-12,23H. The van der Waals surface area contributed by atoms with E-state index in [-0.39, 0.29) is 0 Å². The molecule has 0 radical (unpaired) electrons. The zero-order chi connectivity index (χ0) is 17.5. The topological polar surface area (TPSA) is 49.9 Å². The average Bonchev–Trinajstić information content (AvgIpc) is 3.13. The molecule has 6 rings (SSSR count). The van der Waals surface area contributed by atoms with Crippen molar-refractivity contribution in [3.05, 3.63) is 72.8 Å². The molecule has 4 aromatic carbocycles. The van der Waals surface area contributed by atoms with Gasteiger partial charge in [-0.15, -0.1) is 0 Å². The van der Waals surface area contributed by atoms with Crippen molar-refractivity contribution in [2.75, 3.05) is 0 Å². The van der Waals surface area contributed by atoms with Crippen molar-refractivity contribution in [3.8, 4) is 11.1 Å². The van der Waals surface area contributed by atoms with Gasteiger partial charge in [0.2, 0.25) is 9.84 Å². The number of hydrogen-bond donors (Lipinski definition) is 1. The molecule has 0 saturated heterocycles. The van der Waals surface area contributed by atoms with Gasteiger partial charge in [-0.1, -0.05) is 48.5 Å². The summed E-state index contributed by atoms with van der Waals surface area (Å²) >= 11 is 0. The van der Waals surface area contributed by atoms with Crippen LogP contribution in [0.1, 0.15) is 0 Å². The van der Waals surface area contributed by atoms with Crippen molar-refractivity contribution in [3.63, 3.8) is 0 Å². The summed E-state index contributed by atoms with van der Waals surface area (Å²) in [6.45, 7) is 0. The first-order valence-corrected chi connectivity index (χ1v) is 9.94. The molecule has 0 bridgehead atoms. The van der Waals surface area contributed by atoms with E-state index in [9.17, 15) is 8.42 Å². The monoisotopic (exact) mass is 355 g/mol. The van der Waals surface area contributed by atoms with Crippen LogP contribution >= 0.6 is 0 Å². The fourth-order valence-corrected chi connectivity index (χ4v) is 5.84. The number of fused-ring (bicyclic) bond motifs is 8. The van der Waals surface area contributed by atoms with E-state index in [1.165, 1.54) is 5.39 Å². The van der Waals surface area contributed by atoms with Crippen LogP contribution in [-0.2, 0) is 9.84 Å². The fraction of sp³-hybridized carbons (Fsp3) is 0. The molecule has 0 amide bonds. The molecule has 1 aliphatic rings. The van der Waals surface area contributed by atoms with Crippen LogP contribution in [0, 0.1) is 0 Å². The normalized spacial score (nSPS) is 14.8. The van der Waals surface area contributed by atoms with Gasteiger partial charge in [0.05, 0.1) is 15.3 Å². The quantitative estimate of drug-likeness (QED) is 0.403. The summed E-state index contributed by atoms with van der Waals surface area (Å²) in [6, 6.07) is 23.5. The largest absolute Gasteiger partial charge is 0.354 e. The molecule has 4 heteroatoms. The Bertz CT molecular complexity index is 1490. The molecule has 1 aromatic heterocycles. The van der Waals surface area contributed by atoms with E-state index in [2.05, 4.69) is 29.2 Å². The third-order valence-corrected chi connectivity index (χ3v) is 7.19. The zero-order valence-corrected chi connectivity index (χ0v) is 14.5. The Balaban J connectivity index is 1.83. The number of benzene rings is 4. The lowest BCUT2D eigenvalue weighted by atomic mass is 10.0. The smallest absolute Gasteiger partial charge is 0.207 e. The maximum atomic E-state index is 12.9. The predicted octanol–water partition coefficient (Wildman–Crippen LogP) is 5.29. The molecule has 124 valence electrons. The predicted molar refractivity (Wildman–Crippen MR) is 104 cm³/mol. The summed E-state index contributed by atoms with van der Waals surface area (Å²) in [5, 5.41) is 4.50. The summed E-state index contributed by atoms with van der Waals surface area (Å²) in [7, 11) is -3.45. The molecule has 0 saturated carbocycles. The summed E-state index contributed by atoms with van der Waals surface area (Å²) < 4.78 is 25.8. The maximum Gasteiger partial charge on any atom is 0.207 e. The molecular formula is C22H13NO2S. The van der Waals surface area contributed by atoms with Crippen LogP contribution in [0.2, 0.25) is 0 Å². The van der Waals surface area contributed by atoms with E-state index in [0.29, 0.717) is 9.79 Å². The van der Waals surface area contributed by atoms with Crippen LogP contribution in [0.4, 0.5) is 0 Å². The van der Waals surface area contributed by atoms with Gasteiger partial charge < -0.3 is 4.98 Å². The SMILES string of the molecule is O=S1(=O)c2ccccc2-c2c1ccc1c2[nH]c2cc3ccccc3cc21. The highest BCUT2D eigenvalue weighted by atomic mass is 32.2. The Hall–Kier alpha value is -3.11. The molecule has 1 N–H and O–H groups in total. The number of sulfone groups is 1. The molecule has 0 atom stereocenters. The van der Waals surface area contributed by atoms with Crippen molar-refractivity contribution in [2.45, 2.75) is 9.79 Å². The first kappa shape index (κ1) is 14.1. The minimum absolute atomic E-state index is 0.391. The van der Waals surface area contributed by atoms with Crippen LogP contribution in [-0.4, -0.2) is 13.4 Å². The summed E-state index contributed by atoms with van der Waals surface area (Å²) in [6.07, 6.45) is 0. The van der Waals surface area contributed by atoms with Gasteiger partial charge in [-0.05, 0) is 35.0 Å². The number of H-pyrrole nitrogens is 1. The number of aromatic nitrogens is 1. The maximum absolute atomic E-state index is 12.9. The molecule has 5 aromatic rings. The second kappa shape index (κ2) is 4.54. The average molecular weight is 355 g/mol. The Labute approximate surface area is 149 Å². The van der Waals surface area contributed by atoms with E-state index in [1.54, 1.807) is 18.2 Å². The third-order valence-electron chi connectivity index (χ3n) is 5.34. The Morgan fingerprint density at radius 1 is 0.692 bits per heavy atom. The molecule has 3 nitrogen and oxygen atoms in total. The van der Waals surface area contributed by atoms with Crippen LogP contribution in [0.5, 0.6) is 0 Å². The van der Waals surface area contributed by atoms with Crippen molar-refractivity contribution >= 4 is 42.4 Å². The lowest BCUT2D eigenvalue weighted by molar-refractivity contribution is 0.599. The number of aromatic amines is 1. The van der Waals surface area contributed by atoms with Crippen molar-refractivity contribution < 1.29 is 8.42 Å². The van der Waals surface area contributed by atoms with E-state index in [1.807, 2.05) is 30.3 Å². The molecule has 0 unspecified atom stereocenters. The Morgan fingerprint density at radius 2 is 1.42 bits per heavy atom. The molecule has 0 aliphatic carbocycles. The number of hydrogen-bond acceptors (Lipinski definition) is 2. The minimum Gasteiger partial charge on any atom is -0.354 e. The van der Waals surface area contributed by atoms with Crippen LogP contribution in [0.3, 0.4) is 0 Å². The summed E-state index contributed by atoms with van der Waals surface area (Å²) in [4.78, 5) is 4.27. The first-order chi connectivity index (χ1) is 12.6. The highest BCUT2D eigenvalue weighted by Crippen LogP contribution is 2.47. The van der Waals surface area contributed by atoms with Crippen LogP contribution < -0.4 is 0 Å². The molecule has 0 spiro atoms. The lowest BCUT2D eigenvalue weighted by Crippen LogP contribution is -1.95. The number of rotatable bonds is 0. The van der Waals surface area contributed by atoms with Gasteiger partial charge in [0.1, 0.15) is 0 Å². The fourth-order valence-electron chi connectivity index (χ4n) is 4.16. The van der Waals surface area contributed by atoms with Gasteiger partial charge in [0, 0.05) is 27.4 Å². The Kier molecular flexibility index (Phi) is 2.46. The van der Waals surface area contributed by atoms with Crippen molar-refractivity contribution in [1.29, 1.82) is 0 Å². The van der Waals surface area contributed by atoms with Crippen molar-refractivity contribution in [2.24, 2.45) is 0 Å². The van der Waals surface area contributed by atoms with E-state index >= 15 is 0 Å². The second-order valence-electron chi connectivity index (χ2n) is 6.73. The van der Waals surface area contributed by atoms with Gasteiger partial charge in [0.25, 0.3) is 0 Å². The van der Waals surface area contributed by atoms with E-state index in [0.717, 1.165) is 38.3 Å². The van der Waals surface area contributed by atoms with Gasteiger partial charge in [-0.25, -0.2) is 8.42 Å². The molecule has 0 fully saturated rings. The van der Waals surface area contributed by atoms with E-state index < -0.39 is 9.84 Å². The molecule has 2 heterocycles. The first-order valence-electron chi connectivity index (χ1n) is 8.46. The summed E-state index contributed by atoms with van der Waals surface area (Å²) in [5.41, 5.74) is 3.48. The highest BCUT2D eigenvalue weighted by molar-refractivity contribution is 7.92. The molecule has 26 heavy (non-hydrogen) atoms. The highest BCUT2D eigenvalue weighted by Gasteiger charge is 2.34. The van der Waals surface area contributed by atoms with Gasteiger partial charge in [-0.2, -0.15) is 0 Å².